The summed E-state index contributed by atoms with van der Waals surface area (Å²) < 4.78 is 11.5. The van der Waals surface area contributed by atoms with Crippen LogP contribution < -0.4 is 4.74 Å². The second kappa shape index (κ2) is 7.52. The lowest BCUT2D eigenvalue weighted by molar-refractivity contribution is 0.243. The highest BCUT2D eigenvalue weighted by Gasteiger charge is 2.37. The minimum Gasteiger partial charge on any atom is -0.497 e. The van der Waals surface area contributed by atoms with Crippen LogP contribution in [0.5, 0.6) is 5.75 Å². The number of thioether (sulfide) groups is 1. The minimum atomic E-state index is -1.69. The molecule has 0 saturated heterocycles. The van der Waals surface area contributed by atoms with E-state index in [0.717, 1.165) is 5.75 Å². The summed E-state index contributed by atoms with van der Waals surface area (Å²) in [6, 6.07) is 8.08. The van der Waals surface area contributed by atoms with Gasteiger partial charge in [0.2, 0.25) is 0 Å². The van der Waals surface area contributed by atoms with E-state index in [4.69, 9.17) is 9.16 Å². The number of rotatable bonds is 6. The van der Waals surface area contributed by atoms with Crippen molar-refractivity contribution in [1.82, 2.24) is 0 Å². The van der Waals surface area contributed by atoms with Gasteiger partial charge in [0.25, 0.3) is 0 Å². The fourth-order valence-electron chi connectivity index (χ4n) is 1.56. The Bertz CT molecular complexity index is 461. The summed E-state index contributed by atoms with van der Waals surface area (Å²) >= 11 is 1.70. The third kappa shape index (κ3) is 5.89. The monoisotopic (exact) mass is 324 g/mol. The van der Waals surface area contributed by atoms with Crippen LogP contribution in [0.3, 0.4) is 0 Å². The maximum atomic E-state index is 6.30. The molecule has 1 aromatic rings. The third-order valence-electron chi connectivity index (χ3n) is 3.90. The first-order chi connectivity index (χ1) is 9.65. The molecule has 0 unspecified atom stereocenters. The van der Waals surface area contributed by atoms with Gasteiger partial charge < -0.3 is 9.16 Å². The summed E-state index contributed by atoms with van der Waals surface area (Å²) in [5.41, 5.74) is 0. The Labute approximate surface area is 135 Å². The molecule has 0 aliphatic rings. The van der Waals surface area contributed by atoms with Crippen molar-refractivity contribution in [3.8, 4) is 5.75 Å². The molecule has 0 aliphatic heterocycles. The second-order valence-electron chi connectivity index (χ2n) is 6.71. The molecule has 0 N–H and O–H groups in total. The molecule has 0 radical (unpaired) electrons. The summed E-state index contributed by atoms with van der Waals surface area (Å²) in [5.74, 6) is 0.887. The molecule has 1 atom stereocenters. The summed E-state index contributed by atoms with van der Waals surface area (Å²) in [5, 5.41) is 2.36. The Hall–Kier alpha value is -0.713. The molecule has 1 aromatic carbocycles. The molecule has 2 nitrogen and oxygen atoms in total. The lowest BCUT2D eigenvalue weighted by Gasteiger charge is -2.37. The van der Waals surface area contributed by atoms with E-state index in [1.54, 1.807) is 18.9 Å². The molecule has 0 amide bonds. The number of hydrogen-bond acceptors (Lipinski definition) is 3. The third-order valence-corrected chi connectivity index (χ3v) is 9.31. The van der Waals surface area contributed by atoms with Crippen LogP contribution in [-0.4, -0.2) is 21.5 Å². The lowest BCUT2D eigenvalue weighted by Crippen LogP contribution is -2.42. The van der Waals surface area contributed by atoms with Crippen molar-refractivity contribution in [3.05, 3.63) is 35.7 Å². The average Bonchev–Trinajstić information content (AvgIpc) is 2.37. The number of methoxy groups -OCH3 is 1. The van der Waals surface area contributed by atoms with Crippen molar-refractivity contribution < 1.29 is 9.16 Å². The van der Waals surface area contributed by atoms with Crippen LogP contribution >= 0.6 is 11.8 Å². The predicted molar refractivity (Wildman–Crippen MR) is 95.7 cm³/mol. The zero-order valence-corrected chi connectivity index (χ0v) is 16.1. The van der Waals surface area contributed by atoms with E-state index < -0.39 is 8.32 Å². The van der Waals surface area contributed by atoms with E-state index >= 15 is 0 Å². The highest BCUT2D eigenvalue weighted by atomic mass is 32.2. The lowest BCUT2D eigenvalue weighted by atomic mass is 10.2. The van der Waals surface area contributed by atoms with Crippen molar-refractivity contribution in [2.45, 2.75) is 56.8 Å². The maximum Gasteiger partial charge on any atom is 0.192 e. The normalized spacial score (nSPS) is 14.4. The van der Waals surface area contributed by atoms with Gasteiger partial charge in [-0.05, 0) is 54.7 Å². The molecule has 0 aliphatic carbocycles. The summed E-state index contributed by atoms with van der Waals surface area (Å²) in [7, 11) is -0.00422. The topological polar surface area (TPSA) is 18.5 Å². The van der Waals surface area contributed by atoms with Gasteiger partial charge in [0.15, 0.2) is 8.32 Å². The zero-order chi connectivity index (χ0) is 16.1. The van der Waals surface area contributed by atoms with Gasteiger partial charge in [0.1, 0.15) is 5.75 Å². The standard InChI is InChI=1S/C17H28O2SSi/c1-14(19-21(6,7)17(2,3)4)12-13-20-16-10-8-15(18-5)9-11-16/h8-14H,1-7H3/t14-/m1/s1. The Morgan fingerprint density at radius 2 is 1.71 bits per heavy atom. The SMILES string of the molecule is COc1ccc(SC=C[C@@H](C)O[Si](C)(C)C(C)(C)C)cc1. The van der Waals surface area contributed by atoms with Gasteiger partial charge in [0.05, 0.1) is 13.2 Å². The smallest absolute Gasteiger partial charge is 0.192 e. The summed E-state index contributed by atoms with van der Waals surface area (Å²) in [6.07, 6.45) is 2.28. The average molecular weight is 325 g/mol. The Morgan fingerprint density at radius 3 is 2.19 bits per heavy atom. The van der Waals surface area contributed by atoms with Gasteiger partial charge in [-0.2, -0.15) is 0 Å². The van der Waals surface area contributed by atoms with Crippen molar-refractivity contribution in [2.24, 2.45) is 0 Å². The van der Waals surface area contributed by atoms with Gasteiger partial charge in [-0.15, -0.1) is 0 Å². The largest absolute Gasteiger partial charge is 0.497 e. The number of hydrogen-bond donors (Lipinski definition) is 0. The molecular formula is C17H28O2SSi. The molecule has 118 valence electrons. The van der Waals surface area contributed by atoms with Crippen LogP contribution in [0.25, 0.3) is 0 Å². The second-order valence-corrected chi connectivity index (χ2v) is 12.4. The molecule has 0 aromatic heterocycles. The first-order valence-corrected chi connectivity index (χ1v) is 11.1. The highest BCUT2D eigenvalue weighted by molar-refractivity contribution is 8.02. The van der Waals surface area contributed by atoms with Crippen molar-refractivity contribution >= 4 is 20.1 Å². The fraction of sp³-hybridized carbons (Fsp3) is 0.529. The summed E-state index contributed by atoms with van der Waals surface area (Å²) in [4.78, 5) is 1.20. The molecule has 0 spiro atoms. The van der Waals surface area contributed by atoms with Crippen LogP contribution in [0, 0.1) is 0 Å². The van der Waals surface area contributed by atoms with E-state index in [9.17, 15) is 0 Å². The fourth-order valence-corrected chi connectivity index (χ4v) is 3.68. The molecule has 1 rings (SSSR count). The van der Waals surface area contributed by atoms with Crippen molar-refractivity contribution in [3.63, 3.8) is 0 Å². The van der Waals surface area contributed by atoms with Gasteiger partial charge in [-0.3, -0.25) is 0 Å². The van der Waals surface area contributed by atoms with Crippen LogP contribution in [0.1, 0.15) is 27.7 Å². The van der Waals surface area contributed by atoms with Gasteiger partial charge in [-0.25, -0.2) is 0 Å². The van der Waals surface area contributed by atoms with Crippen molar-refractivity contribution in [1.29, 1.82) is 0 Å². The minimum absolute atomic E-state index is 0.150. The first-order valence-electron chi connectivity index (χ1n) is 7.31. The Balaban J connectivity index is 2.52. The number of ether oxygens (including phenoxy) is 1. The molecule has 0 heterocycles. The predicted octanol–water partition coefficient (Wildman–Crippen LogP) is 5.71. The van der Waals surface area contributed by atoms with Crippen molar-refractivity contribution in [2.75, 3.05) is 7.11 Å². The molecule has 0 fully saturated rings. The van der Waals surface area contributed by atoms with E-state index in [2.05, 4.69) is 64.4 Å². The summed E-state index contributed by atoms with van der Waals surface area (Å²) in [6.45, 7) is 13.5. The van der Waals surface area contributed by atoms with Crippen LogP contribution in [0.4, 0.5) is 0 Å². The maximum absolute atomic E-state index is 6.30. The van der Waals surface area contributed by atoms with E-state index in [1.807, 2.05) is 12.1 Å². The molecule has 0 saturated carbocycles. The zero-order valence-electron chi connectivity index (χ0n) is 14.3. The van der Waals surface area contributed by atoms with Crippen LogP contribution in [-0.2, 0) is 4.43 Å². The number of benzene rings is 1. The van der Waals surface area contributed by atoms with Gasteiger partial charge >= 0.3 is 0 Å². The van der Waals surface area contributed by atoms with E-state index in [-0.39, 0.29) is 11.1 Å². The van der Waals surface area contributed by atoms with E-state index in [0.29, 0.717) is 0 Å². The quantitative estimate of drug-likeness (QED) is 0.493. The highest BCUT2D eigenvalue weighted by Crippen LogP contribution is 2.37. The van der Waals surface area contributed by atoms with Crippen LogP contribution in [0.15, 0.2) is 40.6 Å². The molecular weight excluding hydrogens is 296 g/mol. The Kier molecular flexibility index (Phi) is 6.57. The van der Waals surface area contributed by atoms with Gasteiger partial charge in [-0.1, -0.05) is 38.6 Å². The van der Waals surface area contributed by atoms with Gasteiger partial charge in [0, 0.05) is 4.90 Å². The molecule has 21 heavy (non-hydrogen) atoms. The first kappa shape index (κ1) is 18.3. The van der Waals surface area contributed by atoms with E-state index in [1.165, 1.54) is 4.90 Å². The molecule has 4 heteroatoms. The Morgan fingerprint density at radius 1 is 1.14 bits per heavy atom. The van der Waals surface area contributed by atoms with Crippen LogP contribution in [0.2, 0.25) is 18.1 Å². The molecule has 0 bridgehead atoms.